The first-order valence-corrected chi connectivity index (χ1v) is 5.88. The van der Waals surface area contributed by atoms with Gasteiger partial charge in [0, 0.05) is 0 Å². The molecule has 0 bridgehead atoms. The van der Waals surface area contributed by atoms with Crippen LogP contribution >= 0.6 is 11.6 Å². The van der Waals surface area contributed by atoms with Gasteiger partial charge in [0.05, 0.1) is 6.54 Å². The van der Waals surface area contributed by atoms with Gasteiger partial charge in [0.2, 0.25) is 5.69 Å². The molecular weight excluding hydrogens is 230 g/mol. The van der Waals surface area contributed by atoms with Gasteiger partial charge in [-0.2, -0.15) is 4.80 Å². The summed E-state index contributed by atoms with van der Waals surface area (Å²) in [5, 5.41) is 16.6. The predicted octanol–water partition coefficient (Wildman–Crippen LogP) is 2.21. The van der Waals surface area contributed by atoms with Crippen molar-refractivity contribution in [2.45, 2.75) is 38.6 Å². The number of nitrogens with zero attached hydrogens (tertiary/aromatic N) is 3. The van der Waals surface area contributed by atoms with Crippen molar-refractivity contribution in [3.8, 4) is 0 Å². The van der Waals surface area contributed by atoms with Gasteiger partial charge in [-0.05, 0) is 18.8 Å². The van der Waals surface area contributed by atoms with E-state index >= 15 is 0 Å². The second-order valence-corrected chi connectivity index (χ2v) is 4.56. The van der Waals surface area contributed by atoms with Crippen LogP contribution in [0.1, 0.15) is 42.6 Å². The van der Waals surface area contributed by atoms with Gasteiger partial charge < -0.3 is 5.11 Å². The summed E-state index contributed by atoms with van der Waals surface area (Å²) in [5.41, 5.74) is -0.155. The van der Waals surface area contributed by atoms with Gasteiger partial charge in [-0.15, -0.1) is 10.2 Å². The molecule has 1 aromatic heterocycles. The van der Waals surface area contributed by atoms with Crippen molar-refractivity contribution in [2.24, 2.45) is 5.92 Å². The number of carboxylic acid groups (broad SMARTS) is 1. The van der Waals surface area contributed by atoms with E-state index in [2.05, 4.69) is 10.2 Å². The number of aromatic nitrogens is 3. The van der Waals surface area contributed by atoms with Gasteiger partial charge in [0.25, 0.3) is 0 Å². The second kappa shape index (κ2) is 4.82. The molecule has 0 saturated heterocycles. The van der Waals surface area contributed by atoms with E-state index in [1.165, 1.54) is 36.9 Å². The molecule has 1 fully saturated rings. The van der Waals surface area contributed by atoms with Crippen LogP contribution in [0.4, 0.5) is 0 Å². The third kappa shape index (κ3) is 2.52. The van der Waals surface area contributed by atoms with E-state index in [4.69, 9.17) is 16.7 Å². The molecule has 0 radical (unpaired) electrons. The Hall–Kier alpha value is -1.10. The highest BCUT2D eigenvalue weighted by molar-refractivity contribution is 6.31. The van der Waals surface area contributed by atoms with Crippen LogP contribution in [0, 0.1) is 5.92 Å². The van der Waals surface area contributed by atoms with Crippen molar-refractivity contribution in [3.05, 3.63) is 10.8 Å². The number of hydrogen-bond acceptors (Lipinski definition) is 3. The highest BCUT2D eigenvalue weighted by Gasteiger charge is 2.19. The minimum absolute atomic E-state index is 0.0247. The Labute approximate surface area is 98.4 Å². The molecule has 0 spiro atoms. The van der Waals surface area contributed by atoms with E-state index in [0.29, 0.717) is 12.5 Å². The van der Waals surface area contributed by atoms with Crippen molar-refractivity contribution in [3.63, 3.8) is 0 Å². The minimum Gasteiger partial charge on any atom is -0.476 e. The molecule has 0 atom stereocenters. The first-order chi connectivity index (χ1) is 7.66. The summed E-state index contributed by atoms with van der Waals surface area (Å²) >= 11 is 5.68. The van der Waals surface area contributed by atoms with Gasteiger partial charge in [0.15, 0.2) is 5.15 Å². The number of carboxylic acids is 1. The third-order valence-corrected chi connectivity index (χ3v) is 3.22. The Balaban J connectivity index is 2.03. The predicted molar refractivity (Wildman–Crippen MR) is 58.6 cm³/mol. The summed E-state index contributed by atoms with van der Waals surface area (Å²) in [4.78, 5) is 12.1. The maximum atomic E-state index is 10.7. The van der Waals surface area contributed by atoms with Gasteiger partial charge in [0.1, 0.15) is 0 Å². The Morgan fingerprint density at radius 2 is 2.06 bits per heavy atom. The molecule has 1 aliphatic carbocycles. The normalized spacial score (nSPS) is 17.6. The second-order valence-electron chi connectivity index (χ2n) is 4.20. The molecule has 1 aromatic rings. The van der Waals surface area contributed by atoms with E-state index < -0.39 is 5.97 Å². The summed E-state index contributed by atoms with van der Waals surface area (Å²) in [6, 6.07) is 0. The topological polar surface area (TPSA) is 68.0 Å². The molecular formula is C10H14ClN3O2. The Kier molecular flexibility index (Phi) is 3.43. The molecule has 1 N–H and O–H groups in total. The van der Waals surface area contributed by atoms with Crippen LogP contribution in [0.5, 0.6) is 0 Å². The van der Waals surface area contributed by atoms with Crippen molar-refractivity contribution in [1.29, 1.82) is 0 Å². The maximum Gasteiger partial charge on any atom is 0.359 e. The van der Waals surface area contributed by atoms with Crippen LogP contribution < -0.4 is 0 Å². The first-order valence-electron chi connectivity index (χ1n) is 5.50. The summed E-state index contributed by atoms with van der Waals surface area (Å²) in [6.07, 6.45) is 6.12. The monoisotopic (exact) mass is 243 g/mol. The van der Waals surface area contributed by atoms with E-state index in [9.17, 15) is 4.79 Å². The summed E-state index contributed by atoms with van der Waals surface area (Å²) in [5.74, 6) is -0.571. The zero-order chi connectivity index (χ0) is 11.5. The number of halogens is 1. The Morgan fingerprint density at radius 1 is 1.38 bits per heavy atom. The third-order valence-electron chi connectivity index (χ3n) is 2.96. The maximum absolute atomic E-state index is 10.7. The lowest BCUT2D eigenvalue weighted by atomic mass is 9.89. The largest absolute Gasteiger partial charge is 0.476 e. The molecule has 1 saturated carbocycles. The van der Waals surface area contributed by atoms with Crippen molar-refractivity contribution >= 4 is 17.6 Å². The average molecular weight is 244 g/mol. The fraction of sp³-hybridized carbons (Fsp3) is 0.700. The van der Waals surface area contributed by atoms with Crippen LogP contribution in [-0.4, -0.2) is 26.1 Å². The Bertz CT molecular complexity index is 385. The lowest BCUT2D eigenvalue weighted by Gasteiger charge is -2.20. The highest BCUT2D eigenvalue weighted by Crippen LogP contribution is 2.24. The number of aromatic carboxylic acids is 1. The molecule has 0 unspecified atom stereocenters. The zero-order valence-corrected chi connectivity index (χ0v) is 9.65. The average Bonchev–Trinajstić information content (AvgIpc) is 2.61. The molecule has 88 valence electrons. The Morgan fingerprint density at radius 3 is 2.62 bits per heavy atom. The van der Waals surface area contributed by atoms with Gasteiger partial charge >= 0.3 is 5.97 Å². The molecule has 6 heteroatoms. The van der Waals surface area contributed by atoms with Gasteiger partial charge in [-0.1, -0.05) is 30.9 Å². The molecule has 0 aliphatic heterocycles. The summed E-state index contributed by atoms with van der Waals surface area (Å²) in [6.45, 7) is 0.674. The number of carbonyl (C=O) groups is 1. The first kappa shape index (κ1) is 11.4. The summed E-state index contributed by atoms with van der Waals surface area (Å²) in [7, 11) is 0. The molecule has 1 aliphatic rings. The molecule has 1 heterocycles. The highest BCUT2D eigenvalue weighted by atomic mass is 35.5. The van der Waals surface area contributed by atoms with Crippen LogP contribution in [0.2, 0.25) is 5.15 Å². The fourth-order valence-electron chi connectivity index (χ4n) is 2.14. The van der Waals surface area contributed by atoms with Gasteiger partial charge in [-0.25, -0.2) is 4.79 Å². The van der Waals surface area contributed by atoms with E-state index in [-0.39, 0.29) is 10.8 Å². The minimum atomic E-state index is -1.13. The summed E-state index contributed by atoms with van der Waals surface area (Å²) < 4.78 is 0. The lowest BCUT2D eigenvalue weighted by molar-refractivity contribution is 0.0689. The lowest BCUT2D eigenvalue weighted by Crippen LogP contribution is -2.16. The number of hydrogen-bond donors (Lipinski definition) is 1. The van der Waals surface area contributed by atoms with E-state index in [1.54, 1.807) is 0 Å². The van der Waals surface area contributed by atoms with Crippen LogP contribution in [-0.2, 0) is 6.54 Å². The molecule has 16 heavy (non-hydrogen) atoms. The molecule has 5 nitrogen and oxygen atoms in total. The fourth-order valence-corrected chi connectivity index (χ4v) is 2.35. The quantitative estimate of drug-likeness (QED) is 0.884. The van der Waals surface area contributed by atoms with Crippen LogP contribution in [0.3, 0.4) is 0 Å². The zero-order valence-electron chi connectivity index (χ0n) is 8.90. The van der Waals surface area contributed by atoms with Crippen molar-refractivity contribution < 1.29 is 9.90 Å². The van der Waals surface area contributed by atoms with Crippen LogP contribution in [0.25, 0.3) is 0 Å². The van der Waals surface area contributed by atoms with Crippen molar-refractivity contribution in [1.82, 2.24) is 15.0 Å². The standard InChI is InChI=1S/C10H14ClN3O2/c11-9-8(10(15)16)12-14(13-9)6-7-4-2-1-3-5-7/h7H,1-6H2,(H,15,16). The van der Waals surface area contributed by atoms with Gasteiger partial charge in [-0.3, -0.25) is 0 Å². The molecule has 0 aromatic carbocycles. The number of rotatable bonds is 3. The SMILES string of the molecule is O=C(O)c1nn(CC2CCCCC2)nc1Cl. The van der Waals surface area contributed by atoms with Crippen LogP contribution in [0.15, 0.2) is 0 Å². The van der Waals surface area contributed by atoms with Crippen molar-refractivity contribution in [2.75, 3.05) is 0 Å². The smallest absolute Gasteiger partial charge is 0.359 e. The molecule has 0 amide bonds. The van der Waals surface area contributed by atoms with E-state index in [1.807, 2.05) is 0 Å². The van der Waals surface area contributed by atoms with E-state index in [0.717, 1.165) is 0 Å². The molecule has 2 rings (SSSR count).